The van der Waals surface area contributed by atoms with E-state index >= 15 is 8.63 Å². The van der Waals surface area contributed by atoms with Crippen LogP contribution in [-0.2, 0) is 11.2 Å². The number of allylic oxidation sites excluding steroid dienone is 4. The number of halogens is 2. The Morgan fingerprint density at radius 3 is 2.53 bits per heavy atom. The Hall–Kier alpha value is -3.22. The first-order chi connectivity index (χ1) is 14.3. The first-order valence-electron chi connectivity index (χ1n) is 10.1. The Kier molecular flexibility index (Phi) is 4.84. The number of amides is 1. The lowest BCUT2D eigenvalue weighted by atomic mass is 9.87. The minimum absolute atomic E-state index is 0.127. The van der Waals surface area contributed by atoms with Gasteiger partial charge in [0.25, 0.3) is 0 Å². The molecule has 2 aromatic rings. The van der Waals surface area contributed by atoms with Gasteiger partial charge >= 0.3 is 6.97 Å². The van der Waals surface area contributed by atoms with Crippen molar-refractivity contribution in [2.45, 2.75) is 34.1 Å². The van der Waals surface area contributed by atoms with Crippen LogP contribution < -0.4 is 5.32 Å². The normalized spacial score (nSPS) is 16.7. The number of nitrogens with zero attached hydrogens (tertiary/aromatic N) is 2. The van der Waals surface area contributed by atoms with Gasteiger partial charge < -0.3 is 22.9 Å². The fourth-order valence-corrected chi connectivity index (χ4v) is 4.51. The molecule has 1 N–H and O–H groups in total. The van der Waals surface area contributed by atoms with E-state index in [0.29, 0.717) is 29.2 Å². The van der Waals surface area contributed by atoms with Crippen molar-refractivity contribution in [3.8, 4) is 0 Å². The topological polar surface area (TPSA) is 37.0 Å². The van der Waals surface area contributed by atoms with Gasteiger partial charge in [0, 0.05) is 30.5 Å². The van der Waals surface area contributed by atoms with Crippen molar-refractivity contribution in [1.82, 2.24) is 4.48 Å². The van der Waals surface area contributed by atoms with Crippen molar-refractivity contribution in [2.75, 3.05) is 5.32 Å². The summed E-state index contributed by atoms with van der Waals surface area (Å²) in [5, 5.41) is 2.74. The SMILES string of the molecule is CCc1c(C)c2n(c1C)[B-](F)(F)[N+]1=CC=CC1=C2/C=C/c1ccc(NC(C)=O)cc1. The molecule has 2 aliphatic rings. The maximum atomic E-state index is 15.4. The van der Waals surface area contributed by atoms with E-state index < -0.39 is 6.97 Å². The molecule has 7 heteroatoms. The first kappa shape index (κ1) is 20.1. The molecule has 0 saturated carbocycles. The number of aromatic nitrogens is 1. The second kappa shape index (κ2) is 7.24. The van der Waals surface area contributed by atoms with Crippen molar-refractivity contribution in [1.29, 1.82) is 0 Å². The van der Waals surface area contributed by atoms with Crippen molar-refractivity contribution >= 4 is 36.4 Å². The summed E-state index contributed by atoms with van der Waals surface area (Å²) < 4.78 is 33.1. The molecule has 4 rings (SSSR count). The molecule has 0 bridgehead atoms. The zero-order chi connectivity index (χ0) is 21.6. The molecule has 4 nitrogen and oxygen atoms in total. The number of hydrogen-bond donors (Lipinski definition) is 1. The second-order valence-electron chi connectivity index (χ2n) is 7.70. The van der Waals surface area contributed by atoms with Gasteiger partial charge in [0.15, 0.2) is 5.70 Å². The van der Waals surface area contributed by atoms with Crippen molar-refractivity contribution in [2.24, 2.45) is 0 Å². The summed E-state index contributed by atoms with van der Waals surface area (Å²) in [6.45, 7) is 3.23. The number of carbonyl (C=O) groups is 1. The number of anilines is 1. The first-order valence-corrected chi connectivity index (χ1v) is 10.1. The molecule has 1 amide bonds. The molecule has 1 aromatic heterocycles. The predicted molar refractivity (Wildman–Crippen MR) is 119 cm³/mol. The smallest absolute Gasteiger partial charge is 0.393 e. The summed E-state index contributed by atoms with van der Waals surface area (Å²) in [6.07, 6.45) is 9.39. The van der Waals surface area contributed by atoms with Crippen LogP contribution in [0.4, 0.5) is 14.3 Å². The van der Waals surface area contributed by atoms with Crippen molar-refractivity contribution < 1.29 is 17.9 Å². The molecule has 0 atom stereocenters. The van der Waals surface area contributed by atoms with Crippen LogP contribution in [0.5, 0.6) is 0 Å². The van der Waals surface area contributed by atoms with Gasteiger partial charge in [-0.1, -0.05) is 25.1 Å². The lowest BCUT2D eigenvalue weighted by Crippen LogP contribution is -2.50. The van der Waals surface area contributed by atoms with Gasteiger partial charge in [0.2, 0.25) is 5.91 Å². The molecule has 2 aliphatic heterocycles. The van der Waals surface area contributed by atoms with E-state index in [-0.39, 0.29) is 5.91 Å². The molecule has 30 heavy (non-hydrogen) atoms. The highest BCUT2D eigenvalue weighted by molar-refractivity contribution is 6.58. The third kappa shape index (κ3) is 3.05. The van der Waals surface area contributed by atoms with Crippen LogP contribution in [0.1, 0.15) is 41.9 Å². The average molecular weight is 407 g/mol. The van der Waals surface area contributed by atoms with E-state index in [1.165, 1.54) is 17.6 Å². The zero-order valence-electron chi connectivity index (χ0n) is 17.5. The van der Waals surface area contributed by atoms with E-state index in [4.69, 9.17) is 0 Å². The molecular weight excluding hydrogens is 383 g/mol. The van der Waals surface area contributed by atoms with Gasteiger partial charge in [-0.15, -0.1) is 0 Å². The number of fused-ring (bicyclic) bond motifs is 2. The third-order valence-corrected chi connectivity index (χ3v) is 5.83. The van der Waals surface area contributed by atoms with E-state index in [1.807, 2.05) is 50.3 Å². The molecule has 0 saturated heterocycles. The van der Waals surface area contributed by atoms with Crippen LogP contribution in [0.25, 0.3) is 11.6 Å². The minimum atomic E-state index is -3.94. The summed E-state index contributed by atoms with van der Waals surface area (Å²) in [4.78, 5) is 11.2. The molecule has 0 radical (unpaired) electrons. The Balaban J connectivity index is 1.82. The molecule has 0 fully saturated rings. The zero-order valence-corrected chi connectivity index (χ0v) is 17.5. The maximum absolute atomic E-state index is 15.4. The molecule has 0 aliphatic carbocycles. The summed E-state index contributed by atoms with van der Waals surface area (Å²) in [7, 11) is 0. The van der Waals surface area contributed by atoms with E-state index in [2.05, 4.69) is 5.32 Å². The maximum Gasteiger partial charge on any atom is 0.737 e. The summed E-state index contributed by atoms with van der Waals surface area (Å²) >= 11 is 0. The molecule has 3 heterocycles. The standard InChI is InChI=1S/C23H24BF2N3O/c1-5-20-15(2)23-21(13-10-18-8-11-19(12-9-18)27-17(4)30)22-7-6-14-28(22)24(25,26)29(23)16(20)3/h6-14H,5H2,1-4H3,(H,27,30)/b13-10+. The Bertz CT molecular complexity index is 1170. The van der Waals surface area contributed by atoms with Crippen LogP contribution in [0.15, 0.2) is 48.2 Å². The predicted octanol–water partition coefficient (Wildman–Crippen LogP) is 4.94. The van der Waals surface area contributed by atoms with Gasteiger partial charge in [0.05, 0.1) is 5.57 Å². The van der Waals surface area contributed by atoms with Crippen molar-refractivity contribution in [3.05, 3.63) is 76.3 Å². The third-order valence-electron chi connectivity index (χ3n) is 5.83. The van der Waals surface area contributed by atoms with E-state index in [1.54, 1.807) is 19.1 Å². The van der Waals surface area contributed by atoms with Crippen LogP contribution in [0.2, 0.25) is 0 Å². The van der Waals surface area contributed by atoms with Crippen molar-refractivity contribution in [3.63, 3.8) is 0 Å². The van der Waals surface area contributed by atoms with Crippen LogP contribution in [0, 0.1) is 13.8 Å². The fraction of sp³-hybridized carbons (Fsp3) is 0.217. The minimum Gasteiger partial charge on any atom is -0.393 e. The fourth-order valence-electron chi connectivity index (χ4n) is 4.51. The van der Waals surface area contributed by atoms with Gasteiger partial charge in [-0.2, -0.15) is 0 Å². The number of benzene rings is 1. The summed E-state index contributed by atoms with van der Waals surface area (Å²) in [5.74, 6) is -0.127. The Morgan fingerprint density at radius 1 is 1.20 bits per heavy atom. The van der Waals surface area contributed by atoms with Gasteiger partial charge in [-0.3, -0.25) is 4.79 Å². The summed E-state index contributed by atoms with van der Waals surface area (Å²) in [5.41, 5.74) is 6.02. The lowest BCUT2D eigenvalue weighted by Gasteiger charge is -2.31. The number of hydrogen-bond acceptors (Lipinski definition) is 1. The highest BCUT2D eigenvalue weighted by Gasteiger charge is 2.52. The molecule has 154 valence electrons. The van der Waals surface area contributed by atoms with Crippen LogP contribution >= 0.6 is 0 Å². The van der Waals surface area contributed by atoms with E-state index in [0.717, 1.165) is 26.7 Å². The number of nitrogens with one attached hydrogen (secondary N) is 1. The van der Waals surface area contributed by atoms with Gasteiger partial charge in [-0.25, -0.2) is 0 Å². The largest absolute Gasteiger partial charge is 0.737 e. The molecule has 0 unspecified atom stereocenters. The monoisotopic (exact) mass is 407 g/mol. The average Bonchev–Trinajstić information content (AvgIpc) is 3.27. The number of rotatable bonds is 4. The Morgan fingerprint density at radius 2 is 1.90 bits per heavy atom. The molecule has 1 aromatic carbocycles. The summed E-state index contributed by atoms with van der Waals surface area (Å²) in [6, 6.07) is 7.41. The molecular formula is C23H24BF2N3O. The number of carbonyl (C=O) groups excluding carboxylic acids is 1. The van der Waals surface area contributed by atoms with Gasteiger partial charge in [0.1, 0.15) is 6.21 Å². The van der Waals surface area contributed by atoms with Crippen LogP contribution in [-0.4, -0.2) is 28.1 Å². The van der Waals surface area contributed by atoms with Gasteiger partial charge in [-0.05, 0) is 60.9 Å². The lowest BCUT2D eigenvalue weighted by molar-refractivity contribution is -0.356. The Labute approximate surface area is 175 Å². The highest BCUT2D eigenvalue weighted by atomic mass is 19.2. The van der Waals surface area contributed by atoms with Crippen LogP contribution in [0.3, 0.4) is 0 Å². The second-order valence-corrected chi connectivity index (χ2v) is 7.70. The molecule has 0 spiro atoms. The van der Waals surface area contributed by atoms with E-state index in [9.17, 15) is 4.79 Å². The highest BCUT2D eigenvalue weighted by Crippen LogP contribution is 2.41. The quantitative estimate of drug-likeness (QED) is 0.717.